The lowest BCUT2D eigenvalue weighted by Gasteiger charge is -2.28. The summed E-state index contributed by atoms with van der Waals surface area (Å²) in [6.45, 7) is 3.28. The highest BCUT2D eigenvalue weighted by atomic mass is 32.1. The number of hydrogen-bond acceptors (Lipinski definition) is 6. The van der Waals surface area contributed by atoms with Gasteiger partial charge >= 0.3 is 5.97 Å². The van der Waals surface area contributed by atoms with Crippen LogP contribution in [-0.2, 0) is 14.3 Å². The first kappa shape index (κ1) is 22.6. The van der Waals surface area contributed by atoms with Gasteiger partial charge < -0.3 is 19.5 Å². The van der Waals surface area contributed by atoms with Gasteiger partial charge in [0.05, 0.1) is 31.6 Å². The number of hydrogen-bond donors (Lipinski definition) is 2. The largest absolute Gasteiger partial charge is 0.506 e. The maximum absolute atomic E-state index is 14.0. The number of aliphatic hydroxyl groups is 1. The molecule has 1 saturated heterocycles. The monoisotopic (exact) mass is 435 g/mol. The first-order valence-corrected chi connectivity index (χ1v) is 8.78. The molecule has 0 atom stereocenters. The van der Waals surface area contributed by atoms with E-state index in [1.807, 2.05) is 0 Å². The molecule has 7 nitrogen and oxygen atoms in total. The van der Waals surface area contributed by atoms with Gasteiger partial charge in [0.25, 0.3) is 0 Å². The number of carbonyl (C=O) groups excluding carboxylic acids is 1. The Morgan fingerprint density at radius 3 is 2.59 bits per heavy atom. The van der Waals surface area contributed by atoms with Crippen molar-refractivity contribution < 1.29 is 36.9 Å². The standard InChI is InChI=1S/C17H17F4N3O4S/c1-2-28-16(26)10(8-22-23-17(29)24-3-5-27-6-4-24)15(25)9-7-11(18)13(20)14(21)12(9)19/h7-8,25H,2-6H2,1H3,(H,23,29)/b15-10+,22-8+. The number of morpholine rings is 1. The van der Waals surface area contributed by atoms with Gasteiger partial charge in [0.15, 0.2) is 28.4 Å². The Bertz CT molecular complexity index is 858. The number of nitrogens with one attached hydrogen (secondary N) is 1. The molecule has 1 heterocycles. The summed E-state index contributed by atoms with van der Waals surface area (Å²) in [5.74, 6) is -10.2. The highest BCUT2D eigenvalue weighted by Gasteiger charge is 2.25. The van der Waals surface area contributed by atoms with Crippen LogP contribution in [0.25, 0.3) is 5.76 Å². The van der Waals surface area contributed by atoms with E-state index in [2.05, 4.69) is 10.5 Å². The predicted molar refractivity (Wildman–Crippen MR) is 99.1 cm³/mol. The zero-order valence-corrected chi connectivity index (χ0v) is 16.0. The summed E-state index contributed by atoms with van der Waals surface area (Å²) >= 11 is 5.12. The quantitative estimate of drug-likeness (QED) is 0.0845. The molecule has 0 aromatic heterocycles. The number of thiocarbonyl (C=S) groups is 1. The highest BCUT2D eigenvalue weighted by Crippen LogP contribution is 2.25. The van der Waals surface area contributed by atoms with E-state index in [9.17, 15) is 27.5 Å². The topological polar surface area (TPSA) is 83.4 Å². The summed E-state index contributed by atoms with van der Waals surface area (Å²) in [6.07, 6.45) is 0.749. The molecule has 0 spiro atoms. The number of hydrazone groups is 1. The molecule has 1 aromatic carbocycles. The van der Waals surface area contributed by atoms with Crippen LogP contribution in [-0.4, -0.2) is 60.2 Å². The summed E-state index contributed by atoms with van der Waals surface area (Å²) in [4.78, 5) is 13.8. The Labute approximate surface area is 168 Å². The number of nitrogens with zero attached hydrogens (tertiary/aromatic N) is 2. The molecule has 1 aliphatic rings. The zero-order chi connectivity index (χ0) is 21.6. The van der Waals surface area contributed by atoms with E-state index in [0.717, 1.165) is 6.21 Å². The van der Waals surface area contributed by atoms with Crippen molar-refractivity contribution in [3.05, 3.63) is 40.5 Å². The fraction of sp³-hybridized carbons (Fsp3) is 0.353. The number of aliphatic hydroxyl groups excluding tert-OH is 1. The molecule has 0 saturated carbocycles. The van der Waals surface area contributed by atoms with E-state index in [1.54, 1.807) is 4.90 Å². The molecule has 29 heavy (non-hydrogen) atoms. The minimum Gasteiger partial charge on any atom is -0.506 e. The molecule has 12 heteroatoms. The average Bonchev–Trinajstić information content (AvgIpc) is 2.72. The van der Waals surface area contributed by atoms with Gasteiger partial charge in [0.1, 0.15) is 11.3 Å². The summed E-state index contributed by atoms with van der Waals surface area (Å²) in [5.41, 5.74) is 0.643. The highest BCUT2D eigenvalue weighted by molar-refractivity contribution is 7.80. The summed E-state index contributed by atoms with van der Waals surface area (Å²) in [6, 6.07) is 0.210. The maximum atomic E-state index is 14.0. The van der Waals surface area contributed by atoms with Crippen molar-refractivity contribution in [3.63, 3.8) is 0 Å². The van der Waals surface area contributed by atoms with Crippen molar-refractivity contribution in [3.8, 4) is 0 Å². The van der Waals surface area contributed by atoms with E-state index in [1.165, 1.54) is 6.92 Å². The number of carbonyl (C=O) groups is 1. The zero-order valence-electron chi connectivity index (χ0n) is 15.2. The van der Waals surface area contributed by atoms with Gasteiger partial charge in [-0.15, -0.1) is 0 Å². The van der Waals surface area contributed by atoms with Crippen LogP contribution in [0, 0.1) is 23.3 Å². The molecule has 1 fully saturated rings. The second-order valence-corrected chi connectivity index (χ2v) is 5.99. The molecule has 0 aliphatic carbocycles. The van der Waals surface area contributed by atoms with Gasteiger partial charge in [-0.3, -0.25) is 5.43 Å². The molecule has 1 aliphatic heterocycles. The molecule has 0 unspecified atom stereocenters. The molecular weight excluding hydrogens is 418 g/mol. The van der Waals surface area contributed by atoms with Crippen molar-refractivity contribution in [2.75, 3.05) is 32.9 Å². The molecule has 2 N–H and O–H groups in total. The van der Waals surface area contributed by atoms with Crippen molar-refractivity contribution in [1.82, 2.24) is 10.3 Å². The van der Waals surface area contributed by atoms with Gasteiger partial charge in [-0.05, 0) is 25.2 Å². The molecule has 0 radical (unpaired) electrons. The van der Waals surface area contributed by atoms with Crippen LogP contribution < -0.4 is 5.43 Å². The summed E-state index contributed by atoms with van der Waals surface area (Å²) < 4.78 is 63.9. The Morgan fingerprint density at radius 2 is 1.97 bits per heavy atom. The third kappa shape index (κ3) is 5.41. The van der Waals surface area contributed by atoms with Crippen LogP contribution in [0.3, 0.4) is 0 Å². The lowest BCUT2D eigenvalue weighted by molar-refractivity contribution is -0.137. The number of halogens is 4. The Hall–Kier alpha value is -2.73. The van der Waals surface area contributed by atoms with Crippen LogP contribution in [0.4, 0.5) is 17.6 Å². The smallest absolute Gasteiger partial charge is 0.343 e. The maximum Gasteiger partial charge on any atom is 0.343 e. The minimum atomic E-state index is -2.14. The number of esters is 1. The third-order valence-electron chi connectivity index (χ3n) is 3.76. The van der Waals surface area contributed by atoms with Crippen LogP contribution in [0.5, 0.6) is 0 Å². The third-order valence-corrected chi connectivity index (χ3v) is 4.11. The SMILES string of the molecule is CCOC(=O)C(/C=N/NC(=S)N1CCOCC1)=C(/O)c1cc(F)c(F)c(F)c1F. The second-order valence-electron chi connectivity index (χ2n) is 5.61. The van der Waals surface area contributed by atoms with Gasteiger partial charge in [-0.25, -0.2) is 22.4 Å². The van der Waals surface area contributed by atoms with Gasteiger partial charge in [0.2, 0.25) is 0 Å². The van der Waals surface area contributed by atoms with Crippen LogP contribution in [0.2, 0.25) is 0 Å². The molecule has 1 aromatic rings. The van der Waals surface area contributed by atoms with Crippen molar-refractivity contribution in [2.24, 2.45) is 5.10 Å². The summed E-state index contributed by atoms with van der Waals surface area (Å²) in [7, 11) is 0. The van der Waals surface area contributed by atoms with Crippen LogP contribution >= 0.6 is 12.2 Å². The minimum absolute atomic E-state index is 0.113. The van der Waals surface area contributed by atoms with E-state index in [0.29, 0.717) is 26.3 Å². The molecule has 0 amide bonds. The number of rotatable bonds is 5. The second kappa shape index (κ2) is 10.2. The predicted octanol–water partition coefficient (Wildman–Crippen LogP) is 2.27. The Kier molecular flexibility index (Phi) is 7.91. The van der Waals surface area contributed by atoms with Crippen molar-refractivity contribution >= 4 is 35.3 Å². The van der Waals surface area contributed by atoms with E-state index >= 15 is 0 Å². The fourth-order valence-corrected chi connectivity index (χ4v) is 2.53. The van der Waals surface area contributed by atoms with Crippen LogP contribution in [0.15, 0.2) is 16.7 Å². The molecule has 0 bridgehead atoms. The lowest BCUT2D eigenvalue weighted by Crippen LogP contribution is -2.44. The van der Waals surface area contributed by atoms with Gasteiger partial charge in [-0.1, -0.05) is 0 Å². The first-order valence-electron chi connectivity index (χ1n) is 8.37. The van der Waals surface area contributed by atoms with E-state index in [-0.39, 0.29) is 17.8 Å². The molecular formula is C17H17F4N3O4S. The Morgan fingerprint density at radius 1 is 1.31 bits per heavy atom. The first-order chi connectivity index (χ1) is 13.8. The Balaban J connectivity index is 2.34. The van der Waals surface area contributed by atoms with Crippen molar-refractivity contribution in [2.45, 2.75) is 6.92 Å². The fourth-order valence-electron chi connectivity index (χ4n) is 2.30. The van der Waals surface area contributed by atoms with E-state index < -0.39 is 46.1 Å². The molecule has 158 valence electrons. The van der Waals surface area contributed by atoms with Gasteiger partial charge in [0, 0.05) is 13.1 Å². The normalized spacial score (nSPS) is 15.3. The van der Waals surface area contributed by atoms with Crippen molar-refractivity contribution in [1.29, 1.82) is 0 Å². The van der Waals surface area contributed by atoms with Gasteiger partial charge in [-0.2, -0.15) is 5.10 Å². The average molecular weight is 435 g/mol. The number of benzene rings is 1. The summed E-state index contributed by atoms with van der Waals surface area (Å²) in [5, 5.41) is 14.1. The van der Waals surface area contributed by atoms with Crippen LogP contribution in [0.1, 0.15) is 12.5 Å². The number of ether oxygens (including phenoxy) is 2. The lowest BCUT2D eigenvalue weighted by atomic mass is 10.1. The molecule has 2 rings (SSSR count). The van der Waals surface area contributed by atoms with E-state index in [4.69, 9.17) is 21.7 Å².